The van der Waals surface area contributed by atoms with Gasteiger partial charge in [-0.3, -0.25) is 9.59 Å². The maximum Gasteiger partial charge on any atom is 0.201 e. The van der Waals surface area contributed by atoms with Crippen molar-refractivity contribution >= 4 is 11.6 Å². The van der Waals surface area contributed by atoms with Crippen LogP contribution in [0, 0.1) is 17.8 Å². The highest BCUT2D eigenvalue weighted by atomic mass is 16.2. The van der Waals surface area contributed by atoms with Gasteiger partial charge >= 0.3 is 0 Å². The summed E-state index contributed by atoms with van der Waals surface area (Å²) in [5, 5.41) is 0. The SMILES string of the molecule is CCCCCCCCC(=O)C(=O)C1CCC2CCCCC2C1. The summed E-state index contributed by atoms with van der Waals surface area (Å²) >= 11 is 0. The molecule has 22 heavy (non-hydrogen) atoms. The van der Waals surface area contributed by atoms with Crippen molar-refractivity contribution in [2.24, 2.45) is 17.8 Å². The van der Waals surface area contributed by atoms with E-state index >= 15 is 0 Å². The molecule has 0 radical (unpaired) electrons. The van der Waals surface area contributed by atoms with Crippen molar-refractivity contribution in [3.05, 3.63) is 0 Å². The summed E-state index contributed by atoms with van der Waals surface area (Å²) in [6.45, 7) is 2.21. The number of rotatable bonds is 9. The average molecular weight is 306 g/mol. The molecule has 2 heteroatoms. The standard InChI is InChI=1S/C20H34O2/c1-2-3-4-5-6-7-12-19(21)20(22)18-14-13-16-10-8-9-11-17(16)15-18/h16-18H,2-15H2,1H3. The van der Waals surface area contributed by atoms with Gasteiger partial charge in [0.1, 0.15) is 0 Å². The number of carbonyl (C=O) groups is 2. The molecule has 0 heterocycles. The second kappa shape index (κ2) is 9.47. The lowest BCUT2D eigenvalue weighted by atomic mass is 9.66. The number of unbranched alkanes of at least 4 members (excludes halogenated alkanes) is 5. The molecule has 2 fully saturated rings. The maximum absolute atomic E-state index is 12.4. The molecule has 0 bridgehead atoms. The number of hydrogen-bond acceptors (Lipinski definition) is 2. The summed E-state index contributed by atoms with van der Waals surface area (Å²) in [6.07, 6.45) is 16.0. The molecule has 3 atom stereocenters. The molecule has 2 aliphatic carbocycles. The van der Waals surface area contributed by atoms with E-state index in [4.69, 9.17) is 0 Å². The molecule has 0 N–H and O–H groups in total. The van der Waals surface area contributed by atoms with E-state index in [-0.39, 0.29) is 17.5 Å². The number of hydrogen-bond donors (Lipinski definition) is 0. The van der Waals surface area contributed by atoms with Crippen LogP contribution in [-0.4, -0.2) is 11.6 Å². The van der Waals surface area contributed by atoms with Crippen molar-refractivity contribution in [3.63, 3.8) is 0 Å². The Kier molecular flexibility index (Phi) is 7.62. The second-order valence-corrected chi connectivity index (χ2v) is 7.62. The van der Waals surface area contributed by atoms with Crippen molar-refractivity contribution < 1.29 is 9.59 Å². The third-order valence-electron chi connectivity index (χ3n) is 5.94. The van der Waals surface area contributed by atoms with E-state index in [1.165, 1.54) is 57.8 Å². The Labute approximate surface area is 136 Å². The maximum atomic E-state index is 12.4. The first-order chi connectivity index (χ1) is 10.7. The molecule has 0 aromatic carbocycles. The van der Waals surface area contributed by atoms with E-state index < -0.39 is 0 Å². The molecule has 2 rings (SSSR count). The Morgan fingerprint density at radius 2 is 1.50 bits per heavy atom. The van der Waals surface area contributed by atoms with Crippen molar-refractivity contribution in [2.45, 2.75) is 96.8 Å². The fourth-order valence-electron chi connectivity index (χ4n) is 4.53. The van der Waals surface area contributed by atoms with Gasteiger partial charge in [0, 0.05) is 12.3 Å². The largest absolute Gasteiger partial charge is 0.291 e. The van der Waals surface area contributed by atoms with Gasteiger partial charge in [-0.25, -0.2) is 0 Å². The monoisotopic (exact) mass is 306 g/mol. The lowest BCUT2D eigenvalue weighted by molar-refractivity contribution is -0.140. The lowest BCUT2D eigenvalue weighted by Gasteiger charge is -2.38. The van der Waals surface area contributed by atoms with Gasteiger partial charge in [0.2, 0.25) is 5.78 Å². The molecule has 0 aromatic heterocycles. The third kappa shape index (κ3) is 5.21. The Hall–Kier alpha value is -0.660. The predicted molar refractivity (Wildman–Crippen MR) is 90.8 cm³/mol. The summed E-state index contributed by atoms with van der Waals surface area (Å²) in [4.78, 5) is 24.5. The van der Waals surface area contributed by atoms with Crippen molar-refractivity contribution in [1.82, 2.24) is 0 Å². The second-order valence-electron chi connectivity index (χ2n) is 7.62. The Morgan fingerprint density at radius 1 is 0.818 bits per heavy atom. The zero-order valence-corrected chi connectivity index (χ0v) is 14.4. The quantitative estimate of drug-likeness (QED) is 0.417. The first-order valence-electron chi connectivity index (χ1n) is 9.79. The fourth-order valence-corrected chi connectivity index (χ4v) is 4.53. The van der Waals surface area contributed by atoms with Crippen LogP contribution < -0.4 is 0 Å². The lowest BCUT2D eigenvalue weighted by Crippen LogP contribution is -2.34. The van der Waals surface area contributed by atoms with Crippen LogP contribution in [0.5, 0.6) is 0 Å². The van der Waals surface area contributed by atoms with Gasteiger partial charge in [0.05, 0.1) is 0 Å². The van der Waals surface area contributed by atoms with Crippen LogP contribution in [0.3, 0.4) is 0 Å². The molecule has 0 amide bonds. The smallest absolute Gasteiger partial charge is 0.201 e. The molecule has 0 saturated heterocycles. The van der Waals surface area contributed by atoms with E-state index in [1.807, 2.05) is 0 Å². The molecule has 0 aliphatic heterocycles. The Morgan fingerprint density at radius 3 is 2.27 bits per heavy atom. The van der Waals surface area contributed by atoms with Gasteiger partial charge in [0.15, 0.2) is 5.78 Å². The van der Waals surface area contributed by atoms with Crippen molar-refractivity contribution in [2.75, 3.05) is 0 Å². The van der Waals surface area contributed by atoms with Gasteiger partial charge in [-0.2, -0.15) is 0 Å². The minimum Gasteiger partial charge on any atom is -0.291 e. The normalized spacial score (nSPS) is 28.1. The van der Waals surface area contributed by atoms with Crippen LogP contribution in [0.15, 0.2) is 0 Å². The molecule has 2 aliphatic rings. The molecule has 2 nitrogen and oxygen atoms in total. The Balaban J connectivity index is 1.66. The first kappa shape index (κ1) is 17.7. The minimum absolute atomic E-state index is 0.0300. The topological polar surface area (TPSA) is 34.1 Å². The predicted octanol–water partition coefficient (Wildman–Crippen LogP) is 5.48. The summed E-state index contributed by atoms with van der Waals surface area (Å²) in [5.41, 5.74) is 0. The number of fused-ring (bicyclic) bond motifs is 1. The summed E-state index contributed by atoms with van der Waals surface area (Å²) < 4.78 is 0. The summed E-state index contributed by atoms with van der Waals surface area (Å²) in [5.74, 6) is 1.55. The molecule has 0 aromatic rings. The van der Waals surface area contributed by atoms with Crippen molar-refractivity contribution in [1.29, 1.82) is 0 Å². The fraction of sp³-hybridized carbons (Fsp3) is 0.900. The van der Waals surface area contributed by atoms with Gasteiger partial charge in [0.25, 0.3) is 0 Å². The molecule has 2 saturated carbocycles. The van der Waals surface area contributed by atoms with E-state index in [0.29, 0.717) is 6.42 Å². The van der Waals surface area contributed by atoms with E-state index in [1.54, 1.807) is 0 Å². The van der Waals surface area contributed by atoms with Gasteiger partial charge in [-0.1, -0.05) is 64.7 Å². The minimum atomic E-state index is -0.0743. The van der Waals surface area contributed by atoms with Gasteiger partial charge < -0.3 is 0 Å². The highest BCUT2D eigenvalue weighted by Crippen LogP contribution is 2.43. The van der Waals surface area contributed by atoms with Crippen LogP contribution in [-0.2, 0) is 9.59 Å². The third-order valence-corrected chi connectivity index (χ3v) is 5.94. The van der Waals surface area contributed by atoms with E-state index in [2.05, 4.69) is 6.92 Å². The van der Waals surface area contributed by atoms with Crippen molar-refractivity contribution in [3.8, 4) is 0 Å². The zero-order chi connectivity index (χ0) is 15.8. The van der Waals surface area contributed by atoms with Crippen LogP contribution in [0.4, 0.5) is 0 Å². The van der Waals surface area contributed by atoms with Crippen LogP contribution in [0.2, 0.25) is 0 Å². The molecular formula is C20H34O2. The average Bonchev–Trinajstić information content (AvgIpc) is 2.56. The molecule has 126 valence electrons. The highest BCUT2D eigenvalue weighted by Gasteiger charge is 2.36. The number of carbonyl (C=O) groups excluding carboxylic acids is 2. The summed E-state index contributed by atoms with van der Waals surface area (Å²) in [6, 6.07) is 0. The molecule has 3 unspecified atom stereocenters. The van der Waals surface area contributed by atoms with Crippen LogP contribution in [0.25, 0.3) is 0 Å². The number of ketones is 2. The Bertz CT molecular complexity index is 361. The molecular weight excluding hydrogens is 272 g/mol. The zero-order valence-electron chi connectivity index (χ0n) is 14.4. The van der Waals surface area contributed by atoms with Gasteiger partial charge in [-0.15, -0.1) is 0 Å². The van der Waals surface area contributed by atoms with Gasteiger partial charge in [-0.05, 0) is 37.5 Å². The number of Topliss-reactive ketones (excluding diaryl/α,β-unsaturated/α-hetero) is 2. The van der Waals surface area contributed by atoms with Crippen LogP contribution in [0.1, 0.15) is 96.8 Å². The van der Waals surface area contributed by atoms with Crippen LogP contribution >= 0.6 is 0 Å². The first-order valence-corrected chi connectivity index (χ1v) is 9.79. The summed E-state index contributed by atoms with van der Waals surface area (Å²) in [7, 11) is 0. The van der Waals surface area contributed by atoms with E-state index in [0.717, 1.165) is 37.5 Å². The molecule has 0 spiro atoms. The van der Waals surface area contributed by atoms with E-state index in [9.17, 15) is 9.59 Å². The highest BCUT2D eigenvalue weighted by molar-refractivity contribution is 6.37.